The molecule has 0 radical (unpaired) electrons. The van der Waals surface area contributed by atoms with Crippen LogP contribution in [0.4, 0.5) is 0 Å². The highest BCUT2D eigenvalue weighted by Crippen LogP contribution is 2.18. The summed E-state index contributed by atoms with van der Waals surface area (Å²) < 4.78 is 5.16. The summed E-state index contributed by atoms with van der Waals surface area (Å²) in [5.74, 6) is -2.13. The predicted molar refractivity (Wildman–Crippen MR) is 105 cm³/mol. The first-order chi connectivity index (χ1) is 14.0. The second-order valence-corrected chi connectivity index (χ2v) is 6.82. The number of nitrogens with two attached hydrogens (primary N) is 1. The third kappa shape index (κ3) is 4.68. The van der Waals surface area contributed by atoms with Crippen LogP contribution < -0.4 is 5.73 Å². The minimum absolute atomic E-state index is 0.0826. The van der Waals surface area contributed by atoms with Crippen LogP contribution in [-0.2, 0) is 14.3 Å². The topological polar surface area (TPSA) is 107 Å². The lowest BCUT2D eigenvalue weighted by Crippen LogP contribution is -2.51. The number of hydrogen-bond donors (Lipinski definition) is 1. The molecule has 0 unspecified atom stereocenters. The van der Waals surface area contributed by atoms with Gasteiger partial charge >= 0.3 is 5.97 Å². The number of ether oxygens (including phenoxy) is 1. The molecule has 2 aromatic rings. The van der Waals surface area contributed by atoms with E-state index in [1.807, 2.05) is 0 Å². The second kappa shape index (κ2) is 9.14. The SMILES string of the molecule is NC(=O)[C@@H]1CCCCN1C(=O)COC(=O)c1ccccc1C(=O)c1ccccc1. The minimum atomic E-state index is -0.772. The lowest BCUT2D eigenvalue weighted by Gasteiger charge is -2.33. The molecular weight excluding hydrogens is 372 g/mol. The van der Waals surface area contributed by atoms with Gasteiger partial charge in [-0.25, -0.2) is 4.79 Å². The number of ketones is 1. The minimum Gasteiger partial charge on any atom is -0.452 e. The predicted octanol–water partition coefficient (Wildman–Crippen LogP) is 1.94. The van der Waals surface area contributed by atoms with Gasteiger partial charge in [0.15, 0.2) is 12.4 Å². The van der Waals surface area contributed by atoms with E-state index in [0.717, 1.165) is 12.8 Å². The Morgan fingerprint density at radius 3 is 2.28 bits per heavy atom. The number of rotatable bonds is 6. The van der Waals surface area contributed by atoms with E-state index in [2.05, 4.69) is 0 Å². The van der Waals surface area contributed by atoms with Gasteiger partial charge in [0.1, 0.15) is 6.04 Å². The number of hydrogen-bond acceptors (Lipinski definition) is 5. The molecule has 29 heavy (non-hydrogen) atoms. The van der Waals surface area contributed by atoms with E-state index in [0.29, 0.717) is 18.5 Å². The van der Waals surface area contributed by atoms with Crippen molar-refractivity contribution in [1.82, 2.24) is 4.90 Å². The molecule has 2 N–H and O–H groups in total. The van der Waals surface area contributed by atoms with Gasteiger partial charge in [-0.15, -0.1) is 0 Å². The lowest BCUT2D eigenvalue weighted by atomic mass is 9.98. The van der Waals surface area contributed by atoms with Crippen molar-refractivity contribution in [3.05, 3.63) is 71.3 Å². The fraction of sp³-hybridized carbons (Fsp3) is 0.273. The van der Waals surface area contributed by atoms with Gasteiger partial charge in [0.2, 0.25) is 5.91 Å². The highest BCUT2D eigenvalue weighted by molar-refractivity contribution is 6.14. The van der Waals surface area contributed by atoms with Crippen LogP contribution in [0.15, 0.2) is 54.6 Å². The Hall–Kier alpha value is -3.48. The summed E-state index contributed by atoms with van der Waals surface area (Å²) in [6, 6.07) is 14.2. The van der Waals surface area contributed by atoms with Crippen LogP contribution in [0.3, 0.4) is 0 Å². The third-order valence-electron chi connectivity index (χ3n) is 4.91. The number of carbonyl (C=O) groups excluding carboxylic acids is 4. The van der Waals surface area contributed by atoms with Crippen molar-refractivity contribution in [2.75, 3.05) is 13.2 Å². The Bertz CT molecular complexity index is 926. The fourth-order valence-electron chi connectivity index (χ4n) is 3.42. The maximum atomic E-state index is 12.7. The summed E-state index contributed by atoms with van der Waals surface area (Å²) in [4.78, 5) is 50.7. The van der Waals surface area contributed by atoms with E-state index in [1.54, 1.807) is 48.5 Å². The third-order valence-corrected chi connectivity index (χ3v) is 4.91. The average molecular weight is 394 g/mol. The first kappa shape index (κ1) is 20.3. The van der Waals surface area contributed by atoms with E-state index < -0.39 is 30.4 Å². The number of likely N-dealkylation sites (tertiary alicyclic amines) is 1. The zero-order valence-corrected chi connectivity index (χ0v) is 15.9. The molecule has 1 saturated heterocycles. The fourth-order valence-corrected chi connectivity index (χ4v) is 3.42. The molecule has 2 amide bonds. The molecule has 0 saturated carbocycles. The Balaban J connectivity index is 1.71. The van der Waals surface area contributed by atoms with Gasteiger partial charge in [-0.3, -0.25) is 14.4 Å². The lowest BCUT2D eigenvalue weighted by molar-refractivity contribution is -0.143. The number of amides is 2. The summed E-state index contributed by atoms with van der Waals surface area (Å²) in [6.07, 6.45) is 2.08. The molecule has 0 aliphatic carbocycles. The van der Waals surface area contributed by atoms with Crippen molar-refractivity contribution in [2.24, 2.45) is 5.73 Å². The molecule has 0 spiro atoms. The second-order valence-electron chi connectivity index (χ2n) is 6.82. The molecule has 1 aliphatic heterocycles. The van der Waals surface area contributed by atoms with Crippen LogP contribution in [0.1, 0.15) is 45.5 Å². The van der Waals surface area contributed by atoms with Gasteiger partial charge in [0.25, 0.3) is 5.91 Å². The Morgan fingerprint density at radius 2 is 1.59 bits per heavy atom. The zero-order chi connectivity index (χ0) is 20.8. The Labute approximate surface area is 168 Å². The molecule has 7 nitrogen and oxygen atoms in total. The summed E-state index contributed by atoms with van der Waals surface area (Å²) in [5.41, 5.74) is 6.10. The normalized spacial score (nSPS) is 16.1. The average Bonchev–Trinajstić information content (AvgIpc) is 2.77. The van der Waals surface area contributed by atoms with Gasteiger partial charge in [-0.2, -0.15) is 0 Å². The van der Waals surface area contributed by atoms with Crippen LogP contribution in [0, 0.1) is 0 Å². The van der Waals surface area contributed by atoms with E-state index in [1.165, 1.54) is 11.0 Å². The summed E-state index contributed by atoms with van der Waals surface area (Å²) in [6.45, 7) is -0.121. The molecule has 1 heterocycles. The van der Waals surface area contributed by atoms with Crippen molar-refractivity contribution in [3.63, 3.8) is 0 Å². The van der Waals surface area contributed by atoms with Crippen LogP contribution in [0.2, 0.25) is 0 Å². The molecule has 1 fully saturated rings. The first-order valence-corrected chi connectivity index (χ1v) is 9.43. The molecule has 0 aromatic heterocycles. The van der Waals surface area contributed by atoms with E-state index >= 15 is 0 Å². The van der Waals surface area contributed by atoms with Crippen LogP contribution in [0.5, 0.6) is 0 Å². The molecular formula is C22H22N2O5. The standard InChI is InChI=1S/C22H22N2O5/c23-21(27)18-12-6-7-13-24(18)19(25)14-29-22(28)17-11-5-4-10-16(17)20(26)15-8-2-1-3-9-15/h1-5,8-11,18H,6-7,12-14H2,(H2,23,27)/t18-/m0/s1. The number of piperidine rings is 1. The van der Waals surface area contributed by atoms with E-state index in [-0.39, 0.29) is 16.9 Å². The summed E-state index contributed by atoms with van der Waals surface area (Å²) in [5, 5.41) is 0. The molecule has 150 valence electrons. The van der Waals surface area contributed by atoms with Crippen LogP contribution in [-0.4, -0.2) is 47.7 Å². The van der Waals surface area contributed by atoms with Crippen molar-refractivity contribution in [3.8, 4) is 0 Å². The summed E-state index contributed by atoms with van der Waals surface area (Å²) in [7, 11) is 0. The molecule has 3 rings (SSSR count). The monoisotopic (exact) mass is 394 g/mol. The zero-order valence-electron chi connectivity index (χ0n) is 15.9. The number of nitrogens with zero attached hydrogens (tertiary/aromatic N) is 1. The van der Waals surface area contributed by atoms with E-state index in [9.17, 15) is 19.2 Å². The highest BCUT2D eigenvalue weighted by Gasteiger charge is 2.31. The van der Waals surface area contributed by atoms with Gasteiger partial charge in [0, 0.05) is 17.7 Å². The maximum absolute atomic E-state index is 12.7. The molecule has 1 aliphatic rings. The van der Waals surface area contributed by atoms with Crippen molar-refractivity contribution in [2.45, 2.75) is 25.3 Å². The smallest absolute Gasteiger partial charge is 0.339 e. The van der Waals surface area contributed by atoms with Gasteiger partial charge < -0.3 is 15.4 Å². The van der Waals surface area contributed by atoms with Gasteiger partial charge in [-0.05, 0) is 25.3 Å². The van der Waals surface area contributed by atoms with E-state index in [4.69, 9.17) is 10.5 Å². The maximum Gasteiger partial charge on any atom is 0.339 e. The Kier molecular flexibility index (Phi) is 6.39. The van der Waals surface area contributed by atoms with Gasteiger partial charge in [-0.1, -0.05) is 48.5 Å². The highest BCUT2D eigenvalue weighted by atomic mass is 16.5. The first-order valence-electron chi connectivity index (χ1n) is 9.43. The molecule has 0 bridgehead atoms. The number of carbonyl (C=O) groups is 4. The van der Waals surface area contributed by atoms with Crippen LogP contribution >= 0.6 is 0 Å². The van der Waals surface area contributed by atoms with Crippen molar-refractivity contribution in [1.29, 1.82) is 0 Å². The molecule has 2 aromatic carbocycles. The van der Waals surface area contributed by atoms with Crippen molar-refractivity contribution < 1.29 is 23.9 Å². The molecule has 7 heteroatoms. The number of benzene rings is 2. The van der Waals surface area contributed by atoms with Crippen LogP contribution in [0.25, 0.3) is 0 Å². The largest absolute Gasteiger partial charge is 0.452 e. The number of esters is 1. The molecule has 1 atom stereocenters. The van der Waals surface area contributed by atoms with Crippen molar-refractivity contribution >= 4 is 23.6 Å². The quantitative estimate of drug-likeness (QED) is 0.595. The summed E-state index contributed by atoms with van der Waals surface area (Å²) >= 11 is 0. The van der Waals surface area contributed by atoms with Gasteiger partial charge in [0.05, 0.1) is 5.56 Å². The Morgan fingerprint density at radius 1 is 0.931 bits per heavy atom. The number of primary amides is 1.